The number of hydrogen-bond acceptors (Lipinski definition) is 5. The van der Waals surface area contributed by atoms with Crippen molar-refractivity contribution in [2.45, 2.75) is 31.9 Å². The van der Waals surface area contributed by atoms with Crippen molar-refractivity contribution in [2.24, 2.45) is 0 Å². The summed E-state index contributed by atoms with van der Waals surface area (Å²) >= 11 is 0. The Morgan fingerprint density at radius 3 is 2.26 bits per heavy atom. The Kier molecular flexibility index (Phi) is 9.43. The van der Waals surface area contributed by atoms with Crippen LogP contribution in [-0.2, 0) is 4.74 Å². The first kappa shape index (κ1) is 31.3. The second kappa shape index (κ2) is 14.2. The number of unbranched alkanes of at least 4 members (excludes halogenated alkanes) is 1. The molecule has 0 aliphatic carbocycles. The van der Waals surface area contributed by atoms with E-state index in [9.17, 15) is 19.1 Å². The second-order valence-corrected chi connectivity index (χ2v) is 11.3. The number of carbonyl (C=O) groups is 2. The number of anilines is 1. The molecule has 0 aromatic heterocycles. The van der Waals surface area contributed by atoms with Gasteiger partial charge in [-0.05, 0) is 95.4 Å². The molecule has 1 aliphatic rings. The van der Waals surface area contributed by atoms with E-state index < -0.39 is 24.1 Å². The number of carbonyl (C=O) groups excluding carboxylic acids is 2. The number of allylic oxidation sites excluding steroid dienone is 1. The van der Waals surface area contributed by atoms with Gasteiger partial charge in [-0.15, -0.1) is 0 Å². The summed E-state index contributed by atoms with van der Waals surface area (Å²) in [6, 6.07) is 34.9. The minimum atomic E-state index is -0.846. The van der Waals surface area contributed by atoms with Crippen LogP contribution in [0.1, 0.15) is 41.7 Å². The van der Waals surface area contributed by atoms with Crippen molar-refractivity contribution in [3.05, 3.63) is 150 Å². The Labute approximate surface area is 273 Å². The summed E-state index contributed by atoms with van der Waals surface area (Å²) in [7, 11) is 0. The second-order valence-electron chi connectivity index (χ2n) is 11.3. The first-order valence-electron chi connectivity index (χ1n) is 15.6. The normalized spacial score (nSPS) is 16.0. The maximum Gasteiger partial charge on any atom is 0.415 e. The van der Waals surface area contributed by atoms with Crippen LogP contribution in [0.4, 0.5) is 14.9 Å². The fourth-order valence-electron chi connectivity index (χ4n) is 5.66. The molecule has 0 bridgehead atoms. The van der Waals surface area contributed by atoms with E-state index in [1.807, 2.05) is 78.9 Å². The third-order valence-electron chi connectivity index (χ3n) is 8.11. The van der Waals surface area contributed by atoms with Crippen molar-refractivity contribution in [2.75, 3.05) is 11.5 Å². The number of halogens is 1. The molecule has 0 saturated carbocycles. The molecule has 1 N–H and O–H groups in total. The molecule has 1 amide bonds. The number of benzene rings is 5. The Bertz CT molecular complexity index is 1890. The summed E-state index contributed by atoms with van der Waals surface area (Å²) in [6.07, 6.45) is 3.29. The molecule has 6 rings (SSSR count). The van der Waals surface area contributed by atoms with E-state index in [-0.39, 0.29) is 11.5 Å². The molecule has 5 aromatic carbocycles. The Balaban J connectivity index is 1.42. The molecule has 6 nitrogen and oxygen atoms in total. The van der Waals surface area contributed by atoms with Gasteiger partial charge in [0.15, 0.2) is 5.78 Å². The van der Waals surface area contributed by atoms with Gasteiger partial charge in [-0.2, -0.15) is 0 Å². The van der Waals surface area contributed by atoms with E-state index in [1.54, 1.807) is 29.2 Å². The summed E-state index contributed by atoms with van der Waals surface area (Å²) in [6.45, 7) is 2.54. The van der Waals surface area contributed by atoms with Crippen molar-refractivity contribution in [3.8, 4) is 33.8 Å². The predicted molar refractivity (Wildman–Crippen MR) is 181 cm³/mol. The zero-order valence-corrected chi connectivity index (χ0v) is 25.9. The van der Waals surface area contributed by atoms with E-state index in [2.05, 4.69) is 6.92 Å². The van der Waals surface area contributed by atoms with Gasteiger partial charge in [-0.25, -0.2) is 9.18 Å². The molecular formula is C40H34FNO5. The summed E-state index contributed by atoms with van der Waals surface area (Å²) in [5.41, 5.74) is 5.33. The molecule has 236 valence electrons. The van der Waals surface area contributed by atoms with Gasteiger partial charge >= 0.3 is 6.09 Å². The topological polar surface area (TPSA) is 76.1 Å². The molecular weight excluding hydrogens is 593 g/mol. The first-order chi connectivity index (χ1) is 22.9. The highest BCUT2D eigenvalue weighted by atomic mass is 19.1. The molecule has 0 spiro atoms. The Hall–Kier alpha value is -5.69. The van der Waals surface area contributed by atoms with Crippen LogP contribution >= 0.6 is 0 Å². The lowest BCUT2D eigenvalue weighted by molar-refractivity contribution is 0.104. The maximum absolute atomic E-state index is 13.6. The molecule has 1 saturated heterocycles. The van der Waals surface area contributed by atoms with Gasteiger partial charge < -0.3 is 14.6 Å². The highest BCUT2D eigenvalue weighted by Crippen LogP contribution is 2.43. The lowest BCUT2D eigenvalue weighted by Crippen LogP contribution is -2.29. The van der Waals surface area contributed by atoms with Crippen molar-refractivity contribution < 1.29 is 28.6 Å². The third-order valence-corrected chi connectivity index (χ3v) is 8.11. The number of phenolic OH excluding ortho intramolecular Hbond substituents is 1. The van der Waals surface area contributed by atoms with E-state index in [0.717, 1.165) is 35.1 Å². The quantitative estimate of drug-likeness (QED) is 0.0897. The van der Waals surface area contributed by atoms with Gasteiger partial charge in [0.2, 0.25) is 0 Å². The molecule has 7 heteroatoms. The molecule has 47 heavy (non-hydrogen) atoms. The monoisotopic (exact) mass is 627 g/mol. The van der Waals surface area contributed by atoms with Gasteiger partial charge in [0.1, 0.15) is 29.5 Å². The van der Waals surface area contributed by atoms with E-state index in [1.165, 1.54) is 30.3 Å². The van der Waals surface area contributed by atoms with Gasteiger partial charge in [-0.3, -0.25) is 9.69 Å². The van der Waals surface area contributed by atoms with Crippen LogP contribution in [0.25, 0.3) is 22.3 Å². The minimum Gasteiger partial charge on any atom is -0.508 e. The first-order valence-corrected chi connectivity index (χ1v) is 15.6. The number of hydrogen-bond donors (Lipinski definition) is 1. The number of cyclic esters (lactones) is 1. The van der Waals surface area contributed by atoms with Crippen LogP contribution in [0.15, 0.2) is 133 Å². The van der Waals surface area contributed by atoms with Crippen molar-refractivity contribution >= 4 is 17.6 Å². The average Bonchev–Trinajstić information content (AvgIpc) is 3.43. The SMILES string of the molecule is CCCCOc1cc(-c2cccc(O)c2)ccc1[C@@H]1[C@@H](/C=C/C(=O)c2ccc(F)cc2)OC(=O)N1c1ccc(-c2ccccc2)cc1. The van der Waals surface area contributed by atoms with E-state index in [0.29, 0.717) is 29.2 Å². The molecule has 2 atom stereocenters. The van der Waals surface area contributed by atoms with Gasteiger partial charge in [0.05, 0.1) is 6.61 Å². The summed E-state index contributed by atoms with van der Waals surface area (Å²) in [4.78, 5) is 28.3. The average molecular weight is 628 g/mol. The Morgan fingerprint density at radius 2 is 1.53 bits per heavy atom. The van der Waals surface area contributed by atoms with Crippen LogP contribution in [0, 0.1) is 5.82 Å². The molecule has 5 aromatic rings. The molecule has 0 radical (unpaired) electrons. The van der Waals surface area contributed by atoms with Gasteiger partial charge in [0, 0.05) is 16.8 Å². The zero-order valence-electron chi connectivity index (χ0n) is 25.9. The maximum atomic E-state index is 13.6. The number of phenols is 1. The highest BCUT2D eigenvalue weighted by Gasteiger charge is 2.44. The molecule has 1 heterocycles. The van der Waals surface area contributed by atoms with Gasteiger partial charge in [0.25, 0.3) is 0 Å². The number of rotatable bonds is 11. The van der Waals surface area contributed by atoms with E-state index >= 15 is 0 Å². The van der Waals surface area contributed by atoms with Crippen LogP contribution in [0.3, 0.4) is 0 Å². The highest BCUT2D eigenvalue weighted by molar-refractivity contribution is 6.04. The number of aromatic hydroxyl groups is 1. The predicted octanol–water partition coefficient (Wildman–Crippen LogP) is 9.55. The minimum absolute atomic E-state index is 0.149. The lowest BCUT2D eigenvalue weighted by atomic mass is 9.94. The molecule has 0 unspecified atom stereocenters. The van der Waals surface area contributed by atoms with Crippen molar-refractivity contribution in [3.63, 3.8) is 0 Å². The third kappa shape index (κ3) is 7.10. The fourth-order valence-corrected chi connectivity index (χ4v) is 5.66. The van der Waals surface area contributed by atoms with Crippen LogP contribution in [-0.4, -0.2) is 29.7 Å². The smallest absolute Gasteiger partial charge is 0.415 e. The standard InChI is InChI=1S/C40H34FNO5/c1-2-3-24-46-38-26-31(30-10-7-11-34(43)25-30)16-21-35(38)39-37(23-22-36(44)29-12-17-32(41)18-13-29)47-40(45)42(39)33-19-14-28(15-20-33)27-8-5-4-6-9-27/h4-23,25-26,37,39,43H,2-3,24H2,1H3/b23-22+/t37-,39-/m1/s1. The zero-order chi connectivity index (χ0) is 32.8. The summed E-state index contributed by atoms with van der Waals surface area (Å²) in [5, 5.41) is 10.1. The van der Waals surface area contributed by atoms with Crippen LogP contribution in [0.2, 0.25) is 0 Å². The largest absolute Gasteiger partial charge is 0.508 e. The Morgan fingerprint density at radius 1 is 0.851 bits per heavy atom. The lowest BCUT2D eigenvalue weighted by Gasteiger charge is -2.26. The molecule has 1 aliphatic heterocycles. The molecule has 1 fully saturated rings. The van der Waals surface area contributed by atoms with Crippen LogP contribution < -0.4 is 9.64 Å². The number of amides is 1. The van der Waals surface area contributed by atoms with Crippen molar-refractivity contribution in [1.29, 1.82) is 0 Å². The number of ether oxygens (including phenoxy) is 2. The number of nitrogens with zero attached hydrogens (tertiary/aromatic N) is 1. The summed E-state index contributed by atoms with van der Waals surface area (Å²) < 4.78 is 25.8. The van der Waals surface area contributed by atoms with Gasteiger partial charge in [-0.1, -0.05) is 80.1 Å². The van der Waals surface area contributed by atoms with Crippen LogP contribution in [0.5, 0.6) is 11.5 Å². The van der Waals surface area contributed by atoms with Crippen molar-refractivity contribution in [1.82, 2.24) is 0 Å². The number of ketones is 1. The van der Waals surface area contributed by atoms with E-state index in [4.69, 9.17) is 9.47 Å². The summed E-state index contributed by atoms with van der Waals surface area (Å²) in [5.74, 6) is -0.0640. The fraction of sp³-hybridized carbons (Fsp3) is 0.150.